The molecule has 0 bridgehead atoms. The van der Waals surface area contributed by atoms with Gasteiger partial charge in [-0.15, -0.1) is 0 Å². The standard InChI is InChI=1S/C22H29N3O2/c1-24(21(26)18-11-6-3-7-12-18)20(15-17-9-4-2-5-10-17)22(27)25-14-8-13-19(25)16-23/h2,4-5,9-10,18-20H,3,6-8,11-15H2,1H3/t19?,20-/m0/s1. The first-order valence-corrected chi connectivity index (χ1v) is 10.1. The highest BCUT2D eigenvalue weighted by Gasteiger charge is 2.38. The van der Waals surface area contributed by atoms with Crippen LogP contribution in [0.2, 0.25) is 0 Å². The van der Waals surface area contributed by atoms with Gasteiger partial charge in [0.15, 0.2) is 0 Å². The topological polar surface area (TPSA) is 64.4 Å². The van der Waals surface area contributed by atoms with Gasteiger partial charge < -0.3 is 9.80 Å². The van der Waals surface area contributed by atoms with Gasteiger partial charge in [-0.1, -0.05) is 49.6 Å². The van der Waals surface area contributed by atoms with Crippen molar-refractivity contribution in [2.75, 3.05) is 13.6 Å². The van der Waals surface area contributed by atoms with Gasteiger partial charge in [0, 0.05) is 25.9 Å². The maximum atomic E-state index is 13.3. The first-order valence-electron chi connectivity index (χ1n) is 10.1. The molecule has 0 N–H and O–H groups in total. The highest BCUT2D eigenvalue weighted by Crippen LogP contribution is 2.27. The van der Waals surface area contributed by atoms with Crippen LogP contribution >= 0.6 is 0 Å². The van der Waals surface area contributed by atoms with Gasteiger partial charge in [-0.3, -0.25) is 9.59 Å². The van der Waals surface area contributed by atoms with E-state index in [1.165, 1.54) is 6.42 Å². The molecule has 2 aliphatic rings. The van der Waals surface area contributed by atoms with Gasteiger partial charge in [0.25, 0.3) is 0 Å². The molecule has 5 nitrogen and oxygen atoms in total. The minimum Gasteiger partial charge on any atom is -0.333 e. The lowest BCUT2D eigenvalue weighted by Crippen LogP contribution is -2.52. The Labute approximate surface area is 161 Å². The molecule has 27 heavy (non-hydrogen) atoms. The normalized spacial score (nSPS) is 21.5. The molecule has 144 valence electrons. The fourth-order valence-corrected chi connectivity index (χ4v) is 4.37. The zero-order valence-corrected chi connectivity index (χ0v) is 16.1. The highest BCUT2D eigenvalue weighted by atomic mass is 16.2. The van der Waals surface area contributed by atoms with Crippen molar-refractivity contribution in [1.29, 1.82) is 5.26 Å². The van der Waals surface area contributed by atoms with Crippen LogP contribution in [0.1, 0.15) is 50.5 Å². The molecule has 2 amide bonds. The van der Waals surface area contributed by atoms with Crippen LogP contribution in [0.3, 0.4) is 0 Å². The van der Waals surface area contributed by atoms with E-state index in [2.05, 4.69) is 6.07 Å². The second-order valence-electron chi connectivity index (χ2n) is 7.81. The van der Waals surface area contributed by atoms with Gasteiger partial charge in [-0.25, -0.2) is 0 Å². The molecule has 2 fully saturated rings. The molecular weight excluding hydrogens is 338 g/mol. The van der Waals surface area contributed by atoms with Gasteiger partial charge in [0.05, 0.1) is 6.07 Å². The number of nitriles is 1. The van der Waals surface area contributed by atoms with Crippen LogP contribution < -0.4 is 0 Å². The summed E-state index contributed by atoms with van der Waals surface area (Å²) < 4.78 is 0. The predicted octanol–water partition coefficient (Wildman–Crippen LogP) is 3.15. The summed E-state index contributed by atoms with van der Waals surface area (Å²) in [6, 6.07) is 11.2. The summed E-state index contributed by atoms with van der Waals surface area (Å²) in [5, 5.41) is 9.38. The number of hydrogen-bond acceptors (Lipinski definition) is 3. The van der Waals surface area contributed by atoms with Crippen molar-refractivity contribution in [3.8, 4) is 6.07 Å². The van der Waals surface area contributed by atoms with Gasteiger partial charge in [0.2, 0.25) is 11.8 Å². The Morgan fingerprint density at radius 2 is 1.85 bits per heavy atom. The van der Waals surface area contributed by atoms with Crippen LogP contribution in [0.5, 0.6) is 0 Å². The summed E-state index contributed by atoms with van der Waals surface area (Å²) in [4.78, 5) is 29.8. The summed E-state index contributed by atoms with van der Waals surface area (Å²) in [6.45, 7) is 0.605. The van der Waals surface area contributed by atoms with Gasteiger partial charge in [-0.2, -0.15) is 5.26 Å². The van der Waals surface area contributed by atoms with E-state index in [0.717, 1.165) is 44.1 Å². The van der Waals surface area contributed by atoms with Crippen molar-refractivity contribution in [2.45, 2.75) is 63.5 Å². The molecule has 0 aromatic heterocycles. The van der Waals surface area contributed by atoms with E-state index in [1.807, 2.05) is 30.3 Å². The van der Waals surface area contributed by atoms with Crippen molar-refractivity contribution < 1.29 is 9.59 Å². The molecule has 1 aliphatic heterocycles. The molecule has 0 spiro atoms. The monoisotopic (exact) mass is 367 g/mol. The number of carbonyl (C=O) groups is 2. The fraction of sp³-hybridized carbons (Fsp3) is 0.591. The minimum absolute atomic E-state index is 0.0279. The summed E-state index contributed by atoms with van der Waals surface area (Å²) in [6.07, 6.45) is 7.26. The number of hydrogen-bond donors (Lipinski definition) is 0. The second kappa shape index (κ2) is 9.03. The molecule has 2 atom stereocenters. The van der Waals surface area contributed by atoms with E-state index in [9.17, 15) is 14.9 Å². The maximum absolute atomic E-state index is 13.3. The van der Waals surface area contributed by atoms with Gasteiger partial charge in [-0.05, 0) is 31.2 Å². The molecule has 3 rings (SSSR count). The number of carbonyl (C=O) groups excluding carboxylic acids is 2. The van der Waals surface area contributed by atoms with Crippen LogP contribution in [-0.2, 0) is 16.0 Å². The van der Waals surface area contributed by atoms with E-state index in [0.29, 0.717) is 13.0 Å². The van der Waals surface area contributed by atoms with Crippen molar-refractivity contribution in [1.82, 2.24) is 9.80 Å². The summed E-state index contributed by atoms with van der Waals surface area (Å²) >= 11 is 0. The summed E-state index contributed by atoms with van der Waals surface area (Å²) in [5.41, 5.74) is 1.03. The smallest absolute Gasteiger partial charge is 0.246 e. The lowest BCUT2D eigenvalue weighted by Gasteiger charge is -2.34. The first-order chi connectivity index (χ1) is 13.1. The average Bonchev–Trinajstić information content (AvgIpc) is 3.21. The van der Waals surface area contributed by atoms with E-state index in [1.54, 1.807) is 16.8 Å². The average molecular weight is 367 g/mol. The van der Waals surface area contributed by atoms with Crippen molar-refractivity contribution >= 4 is 11.8 Å². The Hall–Kier alpha value is -2.35. The van der Waals surface area contributed by atoms with Crippen LogP contribution in [-0.4, -0.2) is 47.3 Å². The van der Waals surface area contributed by atoms with E-state index in [4.69, 9.17) is 0 Å². The quantitative estimate of drug-likeness (QED) is 0.803. The van der Waals surface area contributed by atoms with Crippen molar-refractivity contribution in [3.05, 3.63) is 35.9 Å². The fourth-order valence-electron chi connectivity index (χ4n) is 4.37. The first kappa shape index (κ1) is 19.4. The zero-order chi connectivity index (χ0) is 19.2. The number of likely N-dealkylation sites (tertiary alicyclic amines) is 1. The molecule has 1 aromatic carbocycles. The SMILES string of the molecule is CN(C(=O)C1CCCCC1)[C@@H](Cc1ccccc1)C(=O)N1CCCC1C#N. The number of likely N-dealkylation sites (N-methyl/N-ethyl adjacent to an activating group) is 1. The van der Waals surface area contributed by atoms with E-state index < -0.39 is 6.04 Å². The zero-order valence-electron chi connectivity index (χ0n) is 16.1. The van der Waals surface area contributed by atoms with Crippen LogP contribution in [0.15, 0.2) is 30.3 Å². The molecule has 5 heteroatoms. The molecular formula is C22H29N3O2. The molecule has 1 aliphatic carbocycles. The molecule has 1 saturated heterocycles. The summed E-state index contributed by atoms with van der Waals surface area (Å²) in [5.74, 6) is 0.0198. The molecule has 1 heterocycles. The number of nitrogens with zero attached hydrogens (tertiary/aromatic N) is 3. The molecule has 0 radical (unpaired) electrons. The minimum atomic E-state index is -0.546. The molecule has 1 aromatic rings. The Bertz CT molecular complexity index is 691. The maximum Gasteiger partial charge on any atom is 0.246 e. The third kappa shape index (κ3) is 4.50. The molecule has 1 saturated carbocycles. The third-order valence-electron chi connectivity index (χ3n) is 6.01. The second-order valence-corrected chi connectivity index (χ2v) is 7.81. The Balaban J connectivity index is 1.81. The van der Waals surface area contributed by atoms with Crippen LogP contribution in [0.25, 0.3) is 0 Å². The highest BCUT2D eigenvalue weighted by molar-refractivity contribution is 5.89. The lowest BCUT2D eigenvalue weighted by molar-refractivity contribution is -0.147. The molecule has 1 unspecified atom stereocenters. The Morgan fingerprint density at radius 3 is 2.52 bits per heavy atom. The van der Waals surface area contributed by atoms with Crippen molar-refractivity contribution in [3.63, 3.8) is 0 Å². The van der Waals surface area contributed by atoms with Crippen LogP contribution in [0.4, 0.5) is 0 Å². The number of benzene rings is 1. The largest absolute Gasteiger partial charge is 0.333 e. The Kier molecular flexibility index (Phi) is 6.49. The van der Waals surface area contributed by atoms with E-state index in [-0.39, 0.29) is 23.8 Å². The van der Waals surface area contributed by atoms with E-state index >= 15 is 0 Å². The predicted molar refractivity (Wildman–Crippen MR) is 104 cm³/mol. The Morgan fingerprint density at radius 1 is 1.15 bits per heavy atom. The van der Waals surface area contributed by atoms with Gasteiger partial charge in [0.1, 0.15) is 12.1 Å². The van der Waals surface area contributed by atoms with Gasteiger partial charge >= 0.3 is 0 Å². The number of rotatable bonds is 5. The third-order valence-corrected chi connectivity index (χ3v) is 6.01. The summed E-state index contributed by atoms with van der Waals surface area (Å²) in [7, 11) is 1.76. The van der Waals surface area contributed by atoms with Crippen LogP contribution in [0, 0.1) is 17.2 Å². The number of amides is 2. The lowest BCUT2D eigenvalue weighted by atomic mass is 9.87. The van der Waals surface area contributed by atoms with Crippen molar-refractivity contribution in [2.24, 2.45) is 5.92 Å².